The molecule has 1 aliphatic rings. The molecule has 0 bridgehead atoms. The molecule has 0 atom stereocenters. The van der Waals surface area contributed by atoms with Crippen LogP contribution in [0.5, 0.6) is 0 Å². The van der Waals surface area contributed by atoms with Crippen LogP contribution in [-0.4, -0.2) is 32.5 Å². The Bertz CT molecular complexity index is 181. The van der Waals surface area contributed by atoms with Gasteiger partial charge in [-0.25, -0.2) is 0 Å². The van der Waals surface area contributed by atoms with Gasteiger partial charge in [-0.3, -0.25) is 0 Å². The monoisotopic (exact) mass is 239 g/mol. The molecule has 0 aromatic heterocycles. The van der Waals surface area contributed by atoms with Crippen LogP contribution in [-0.2, 0) is 4.74 Å². The first-order valence-corrected chi connectivity index (χ1v) is 5.93. The topological polar surface area (TPSA) is 21.3 Å². The summed E-state index contributed by atoms with van der Waals surface area (Å²) in [5.74, 6) is 0.778. The van der Waals surface area contributed by atoms with E-state index >= 15 is 0 Å². The minimum Gasteiger partial charge on any atom is -0.381 e. The zero-order valence-corrected chi connectivity index (χ0v) is 9.48. The molecule has 0 aliphatic heterocycles. The molecule has 1 aliphatic carbocycles. The van der Waals surface area contributed by atoms with E-state index in [0.717, 1.165) is 25.5 Å². The van der Waals surface area contributed by atoms with E-state index in [4.69, 9.17) is 4.74 Å². The van der Waals surface area contributed by atoms with Crippen LogP contribution >= 0.6 is 0 Å². The van der Waals surface area contributed by atoms with Crippen LogP contribution in [0.2, 0.25) is 0 Å². The van der Waals surface area contributed by atoms with Crippen molar-refractivity contribution in [2.24, 2.45) is 5.92 Å². The zero-order valence-electron chi connectivity index (χ0n) is 9.48. The average molecular weight is 239 g/mol. The maximum atomic E-state index is 11.8. The number of alkyl halides is 3. The van der Waals surface area contributed by atoms with Gasteiger partial charge in [-0.15, -0.1) is 0 Å². The molecular weight excluding hydrogens is 219 g/mol. The highest BCUT2D eigenvalue weighted by atomic mass is 19.4. The van der Waals surface area contributed by atoms with Crippen LogP contribution in [0.1, 0.15) is 32.1 Å². The third-order valence-electron chi connectivity index (χ3n) is 2.51. The van der Waals surface area contributed by atoms with Gasteiger partial charge in [0, 0.05) is 19.6 Å². The number of nitrogens with one attached hydrogen (secondary N) is 1. The summed E-state index contributed by atoms with van der Waals surface area (Å²) in [5.41, 5.74) is 0. The molecule has 5 heteroatoms. The summed E-state index contributed by atoms with van der Waals surface area (Å²) in [7, 11) is 0. The maximum Gasteiger partial charge on any atom is 0.389 e. The molecule has 0 saturated heterocycles. The van der Waals surface area contributed by atoms with Crippen LogP contribution in [0.15, 0.2) is 0 Å². The molecule has 0 aromatic rings. The standard InChI is InChI=1S/C11H20F3NO/c12-11(13,14)5-1-6-15-7-2-8-16-9-10-3-4-10/h10,15H,1-9H2. The fourth-order valence-corrected chi connectivity index (χ4v) is 1.37. The summed E-state index contributed by atoms with van der Waals surface area (Å²) >= 11 is 0. The molecule has 96 valence electrons. The number of halogens is 3. The molecule has 1 fully saturated rings. The Morgan fingerprint density at radius 2 is 1.81 bits per heavy atom. The number of hydrogen-bond donors (Lipinski definition) is 1. The van der Waals surface area contributed by atoms with E-state index in [9.17, 15) is 13.2 Å². The van der Waals surface area contributed by atoms with Crippen LogP contribution in [0.25, 0.3) is 0 Å². The molecule has 0 spiro atoms. The van der Waals surface area contributed by atoms with Gasteiger partial charge >= 0.3 is 6.18 Å². The van der Waals surface area contributed by atoms with E-state index in [1.807, 2.05) is 0 Å². The van der Waals surface area contributed by atoms with E-state index in [1.54, 1.807) is 0 Å². The first-order chi connectivity index (χ1) is 7.58. The maximum absolute atomic E-state index is 11.8. The SMILES string of the molecule is FC(F)(F)CCCNCCCOCC1CC1. The fraction of sp³-hybridized carbons (Fsp3) is 1.00. The first kappa shape index (κ1) is 13.8. The summed E-state index contributed by atoms with van der Waals surface area (Å²) in [6, 6.07) is 0. The summed E-state index contributed by atoms with van der Waals surface area (Å²) in [6.45, 7) is 2.74. The molecule has 2 nitrogen and oxygen atoms in total. The molecule has 0 heterocycles. The summed E-state index contributed by atoms with van der Waals surface area (Å²) in [4.78, 5) is 0. The van der Waals surface area contributed by atoms with E-state index in [1.165, 1.54) is 12.8 Å². The molecule has 0 aromatic carbocycles. The van der Waals surface area contributed by atoms with Crippen molar-refractivity contribution >= 4 is 0 Å². The second kappa shape index (κ2) is 7.12. The quantitative estimate of drug-likeness (QED) is 0.625. The van der Waals surface area contributed by atoms with Crippen molar-refractivity contribution in [1.29, 1.82) is 0 Å². The number of hydrogen-bond acceptors (Lipinski definition) is 2. The van der Waals surface area contributed by atoms with Crippen molar-refractivity contribution in [3.8, 4) is 0 Å². The lowest BCUT2D eigenvalue weighted by atomic mass is 10.3. The molecular formula is C11H20F3NO. The van der Waals surface area contributed by atoms with Gasteiger partial charge in [0.2, 0.25) is 0 Å². The second-order valence-corrected chi connectivity index (χ2v) is 4.34. The lowest BCUT2D eigenvalue weighted by Gasteiger charge is -2.07. The molecule has 0 unspecified atom stereocenters. The Morgan fingerprint density at radius 1 is 1.12 bits per heavy atom. The lowest BCUT2D eigenvalue weighted by Crippen LogP contribution is -2.20. The lowest BCUT2D eigenvalue weighted by molar-refractivity contribution is -0.135. The van der Waals surface area contributed by atoms with Gasteiger partial charge in [0.1, 0.15) is 0 Å². The predicted octanol–water partition coefficient (Wildman–Crippen LogP) is 2.74. The van der Waals surface area contributed by atoms with E-state index in [2.05, 4.69) is 5.32 Å². The van der Waals surface area contributed by atoms with Crippen molar-refractivity contribution in [3.05, 3.63) is 0 Å². The second-order valence-electron chi connectivity index (χ2n) is 4.34. The summed E-state index contributed by atoms with van der Waals surface area (Å²) < 4.78 is 40.7. The van der Waals surface area contributed by atoms with Crippen molar-refractivity contribution in [2.75, 3.05) is 26.3 Å². The van der Waals surface area contributed by atoms with Crippen molar-refractivity contribution < 1.29 is 17.9 Å². The van der Waals surface area contributed by atoms with Crippen LogP contribution < -0.4 is 5.32 Å². The molecule has 1 rings (SSSR count). The summed E-state index contributed by atoms with van der Waals surface area (Å²) in [6.07, 6.45) is -1.11. The molecule has 0 radical (unpaired) electrons. The number of ether oxygens (including phenoxy) is 1. The Labute approximate surface area is 94.5 Å². The minimum absolute atomic E-state index is 0.159. The van der Waals surface area contributed by atoms with Crippen LogP contribution in [0.4, 0.5) is 13.2 Å². The van der Waals surface area contributed by atoms with Crippen molar-refractivity contribution in [2.45, 2.75) is 38.3 Å². The Morgan fingerprint density at radius 3 is 2.44 bits per heavy atom. The van der Waals surface area contributed by atoms with Crippen LogP contribution in [0, 0.1) is 5.92 Å². The highest BCUT2D eigenvalue weighted by molar-refractivity contribution is 4.71. The van der Waals surface area contributed by atoms with Gasteiger partial charge < -0.3 is 10.1 Å². The highest BCUT2D eigenvalue weighted by Crippen LogP contribution is 2.28. The Hall–Kier alpha value is -0.290. The van der Waals surface area contributed by atoms with E-state index < -0.39 is 12.6 Å². The van der Waals surface area contributed by atoms with E-state index in [0.29, 0.717) is 13.2 Å². The molecule has 0 amide bonds. The van der Waals surface area contributed by atoms with Crippen molar-refractivity contribution in [1.82, 2.24) is 5.32 Å². The minimum atomic E-state index is -4.02. The summed E-state index contributed by atoms with van der Waals surface area (Å²) in [5, 5.41) is 2.98. The van der Waals surface area contributed by atoms with Gasteiger partial charge in [0.15, 0.2) is 0 Å². The first-order valence-electron chi connectivity index (χ1n) is 5.93. The third-order valence-corrected chi connectivity index (χ3v) is 2.51. The van der Waals surface area contributed by atoms with E-state index in [-0.39, 0.29) is 6.42 Å². The molecule has 1 N–H and O–H groups in total. The third kappa shape index (κ3) is 8.97. The largest absolute Gasteiger partial charge is 0.389 e. The molecule has 16 heavy (non-hydrogen) atoms. The van der Waals surface area contributed by atoms with Gasteiger partial charge in [-0.1, -0.05) is 0 Å². The average Bonchev–Trinajstić information content (AvgIpc) is 2.97. The zero-order chi connectivity index (χ0) is 11.9. The fourth-order valence-electron chi connectivity index (χ4n) is 1.37. The normalized spacial score (nSPS) is 16.7. The smallest absolute Gasteiger partial charge is 0.381 e. The van der Waals surface area contributed by atoms with Gasteiger partial charge in [0.05, 0.1) is 0 Å². The van der Waals surface area contributed by atoms with Crippen molar-refractivity contribution in [3.63, 3.8) is 0 Å². The van der Waals surface area contributed by atoms with Gasteiger partial charge in [-0.05, 0) is 44.7 Å². The molecule has 1 saturated carbocycles. The van der Waals surface area contributed by atoms with Crippen LogP contribution in [0.3, 0.4) is 0 Å². The predicted molar refractivity (Wildman–Crippen MR) is 56.3 cm³/mol. The highest BCUT2D eigenvalue weighted by Gasteiger charge is 2.25. The van der Waals surface area contributed by atoms with Gasteiger partial charge in [-0.2, -0.15) is 13.2 Å². The van der Waals surface area contributed by atoms with Gasteiger partial charge in [0.25, 0.3) is 0 Å². The number of rotatable bonds is 9. The Kier molecular flexibility index (Phi) is 6.13. The Balaban J connectivity index is 1.70.